The van der Waals surface area contributed by atoms with E-state index in [1.54, 1.807) is 0 Å². The van der Waals surface area contributed by atoms with Crippen LogP contribution in [0.15, 0.2) is 77.2 Å². The third-order valence-electron chi connectivity index (χ3n) is 4.54. The summed E-state index contributed by atoms with van der Waals surface area (Å²) in [6, 6.07) is 23.8. The molecule has 0 aliphatic carbocycles. The Bertz CT molecular complexity index is 1410. The molecule has 0 spiro atoms. The highest BCUT2D eigenvalue weighted by Crippen LogP contribution is 2.32. The smallest absolute Gasteiger partial charge is 0.284 e. The minimum atomic E-state index is 0.230. The summed E-state index contributed by atoms with van der Waals surface area (Å²) in [7, 11) is 0. The third-order valence-corrected chi connectivity index (χ3v) is 5.38. The van der Waals surface area contributed by atoms with Gasteiger partial charge in [0.25, 0.3) is 4.84 Å². The summed E-state index contributed by atoms with van der Waals surface area (Å²) in [5.41, 5.74) is 3.40. The van der Waals surface area contributed by atoms with Crippen molar-refractivity contribution in [2.24, 2.45) is 0 Å². The highest BCUT2D eigenvalue weighted by atomic mass is 127. The molecule has 30 heavy (non-hydrogen) atoms. The molecule has 2 N–H and O–H groups in total. The number of rotatable bonds is 4. The molecule has 0 aliphatic rings. The van der Waals surface area contributed by atoms with Crippen molar-refractivity contribution in [3.8, 4) is 22.8 Å². The monoisotopic (exact) mass is 523 g/mol. The number of hydrogen-bond acceptors (Lipinski definition) is 6. The van der Waals surface area contributed by atoms with Gasteiger partial charge in [-0.1, -0.05) is 42.5 Å². The van der Waals surface area contributed by atoms with Gasteiger partial charge in [-0.25, -0.2) is 15.1 Å². The van der Waals surface area contributed by atoms with Gasteiger partial charge in [0.15, 0.2) is 5.82 Å². The fraction of sp³-hybridized carbons (Fsp3) is 0. The third kappa shape index (κ3) is 3.71. The van der Waals surface area contributed by atoms with E-state index in [-0.39, 0.29) is 4.84 Å². The first-order valence-corrected chi connectivity index (χ1v) is 10.6. The van der Waals surface area contributed by atoms with Crippen molar-refractivity contribution < 1.29 is 4.42 Å². The number of aromatic amines is 1. The molecule has 0 atom stereocenters. The minimum absolute atomic E-state index is 0.230. The first-order valence-electron chi connectivity index (χ1n) is 9.12. The van der Waals surface area contributed by atoms with Crippen LogP contribution in [0.3, 0.4) is 0 Å². The van der Waals surface area contributed by atoms with E-state index in [0.29, 0.717) is 17.5 Å². The predicted octanol–water partition coefficient (Wildman–Crippen LogP) is 6.36. The molecule has 5 rings (SSSR count). The van der Waals surface area contributed by atoms with Crippen LogP contribution in [0.5, 0.6) is 0 Å². The van der Waals surface area contributed by atoms with E-state index in [4.69, 9.17) is 26.6 Å². The van der Waals surface area contributed by atoms with E-state index in [9.17, 15) is 0 Å². The lowest BCUT2D eigenvalue weighted by Gasteiger charge is -2.13. The van der Waals surface area contributed by atoms with Gasteiger partial charge in [-0.3, -0.25) is 0 Å². The number of hydrogen-bond donors (Lipinski definition) is 2. The second kappa shape index (κ2) is 7.96. The number of nitrogens with one attached hydrogen (secondary N) is 2. The number of aromatic nitrogens is 4. The van der Waals surface area contributed by atoms with Crippen molar-refractivity contribution in [1.82, 2.24) is 20.2 Å². The Labute approximate surface area is 190 Å². The molecular formula is C22H14IN5OS. The molecule has 3 aromatic carbocycles. The Kier molecular flexibility index (Phi) is 5.01. The highest BCUT2D eigenvalue weighted by Gasteiger charge is 2.14. The van der Waals surface area contributed by atoms with Crippen LogP contribution in [-0.2, 0) is 0 Å². The number of halogens is 1. The summed E-state index contributed by atoms with van der Waals surface area (Å²) in [6.07, 6.45) is 0. The molecule has 146 valence electrons. The van der Waals surface area contributed by atoms with Gasteiger partial charge in [-0.15, -0.1) is 5.10 Å². The first kappa shape index (κ1) is 18.9. The Morgan fingerprint density at radius 2 is 1.73 bits per heavy atom. The molecule has 0 aliphatic heterocycles. The van der Waals surface area contributed by atoms with Crippen LogP contribution in [0.2, 0.25) is 0 Å². The van der Waals surface area contributed by atoms with Crippen LogP contribution in [0.1, 0.15) is 0 Å². The molecule has 2 aromatic heterocycles. The number of fused-ring (bicyclic) bond motifs is 1. The minimum Gasteiger partial charge on any atom is -0.409 e. The molecule has 0 amide bonds. The van der Waals surface area contributed by atoms with E-state index < -0.39 is 0 Å². The Balaban J connectivity index is 1.68. The SMILES string of the molecule is S=c1[nH]nc(-c2ccccc2Nc2nc(-c3ccccc3)nc3ccc(I)cc23)o1. The number of H-pyrrole nitrogens is 1. The van der Waals surface area contributed by atoms with E-state index in [2.05, 4.69) is 44.2 Å². The largest absolute Gasteiger partial charge is 0.409 e. The van der Waals surface area contributed by atoms with E-state index in [1.165, 1.54) is 0 Å². The van der Waals surface area contributed by atoms with E-state index >= 15 is 0 Å². The van der Waals surface area contributed by atoms with Gasteiger partial charge in [0.2, 0.25) is 5.89 Å². The van der Waals surface area contributed by atoms with Crippen LogP contribution in [0.25, 0.3) is 33.7 Å². The molecule has 6 nitrogen and oxygen atoms in total. The van der Waals surface area contributed by atoms with Crippen molar-refractivity contribution in [2.45, 2.75) is 0 Å². The van der Waals surface area contributed by atoms with Crippen LogP contribution >= 0.6 is 34.8 Å². The molecule has 0 bridgehead atoms. The first-order chi connectivity index (χ1) is 14.7. The van der Waals surface area contributed by atoms with Crippen molar-refractivity contribution in [3.05, 3.63) is 81.2 Å². The zero-order chi connectivity index (χ0) is 20.5. The quantitative estimate of drug-likeness (QED) is 0.211. The topological polar surface area (TPSA) is 79.6 Å². The Morgan fingerprint density at radius 3 is 2.53 bits per heavy atom. The Hall–Kier alpha value is -3.11. The normalized spacial score (nSPS) is 11.0. The number of anilines is 2. The molecule has 5 aromatic rings. The summed E-state index contributed by atoms with van der Waals surface area (Å²) >= 11 is 7.32. The Morgan fingerprint density at radius 1 is 0.933 bits per heavy atom. The van der Waals surface area contributed by atoms with Gasteiger partial charge in [-0.2, -0.15) is 0 Å². The van der Waals surface area contributed by atoms with Gasteiger partial charge >= 0.3 is 0 Å². The maximum absolute atomic E-state index is 5.52. The highest BCUT2D eigenvalue weighted by molar-refractivity contribution is 14.1. The fourth-order valence-corrected chi connectivity index (χ4v) is 3.78. The molecule has 0 radical (unpaired) electrons. The standard InChI is InChI=1S/C22H14IN5OS/c23-14-10-11-18-16(12-14)20(26-19(24-18)13-6-2-1-3-7-13)25-17-9-5-4-8-15(17)21-27-28-22(30)29-21/h1-12H,(H,28,30)(H,24,25,26). The number of para-hydroxylation sites is 1. The lowest BCUT2D eigenvalue weighted by Crippen LogP contribution is -2.01. The zero-order valence-corrected chi connectivity index (χ0v) is 18.4. The molecule has 0 saturated heterocycles. The van der Waals surface area contributed by atoms with Gasteiger partial charge < -0.3 is 9.73 Å². The summed E-state index contributed by atoms with van der Waals surface area (Å²) in [5.74, 6) is 1.78. The zero-order valence-electron chi connectivity index (χ0n) is 15.5. The molecular weight excluding hydrogens is 509 g/mol. The lowest BCUT2D eigenvalue weighted by molar-refractivity contribution is 0.552. The summed E-state index contributed by atoms with van der Waals surface area (Å²) in [5, 5.41) is 11.2. The summed E-state index contributed by atoms with van der Waals surface area (Å²) in [6.45, 7) is 0. The van der Waals surface area contributed by atoms with Crippen molar-refractivity contribution in [1.29, 1.82) is 0 Å². The maximum Gasteiger partial charge on any atom is 0.284 e. The molecule has 8 heteroatoms. The molecule has 0 saturated carbocycles. The van der Waals surface area contributed by atoms with Crippen molar-refractivity contribution in [3.63, 3.8) is 0 Å². The average Bonchev–Trinajstić information content (AvgIpc) is 3.21. The lowest BCUT2D eigenvalue weighted by atomic mass is 10.1. The van der Waals surface area contributed by atoms with E-state index in [1.807, 2.05) is 66.7 Å². The average molecular weight is 523 g/mol. The predicted molar refractivity (Wildman–Crippen MR) is 128 cm³/mol. The second-order valence-electron chi connectivity index (χ2n) is 6.51. The number of nitrogens with zero attached hydrogens (tertiary/aromatic N) is 3. The van der Waals surface area contributed by atoms with Crippen molar-refractivity contribution in [2.75, 3.05) is 5.32 Å². The van der Waals surface area contributed by atoms with Gasteiger partial charge in [0.1, 0.15) is 5.82 Å². The fourth-order valence-electron chi connectivity index (χ4n) is 3.16. The van der Waals surface area contributed by atoms with Crippen LogP contribution < -0.4 is 5.32 Å². The van der Waals surface area contributed by atoms with Crippen molar-refractivity contribution >= 4 is 57.2 Å². The summed E-state index contributed by atoms with van der Waals surface area (Å²) in [4.78, 5) is 9.84. The van der Waals surface area contributed by atoms with Crippen LogP contribution in [0.4, 0.5) is 11.5 Å². The molecule has 0 unspecified atom stereocenters. The van der Waals surface area contributed by atoms with Gasteiger partial charge in [0.05, 0.1) is 16.8 Å². The second-order valence-corrected chi connectivity index (χ2v) is 8.13. The summed E-state index contributed by atoms with van der Waals surface area (Å²) < 4.78 is 6.62. The molecule has 2 heterocycles. The van der Waals surface area contributed by atoms with Crippen LogP contribution in [-0.4, -0.2) is 20.2 Å². The van der Waals surface area contributed by atoms with Crippen LogP contribution in [0, 0.1) is 8.41 Å². The maximum atomic E-state index is 5.52. The van der Waals surface area contributed by atoms with Gasteiger partial charge in [-0.05, 0) is 65.1 Å². The number of benzene rings is 3. The van der Waals surface area contributed by atoms with E-state index in [0.717, 1.165) is 31.3 Å². The molecule has 0 fully saturated rings. The van der Waals surface area contributed by atoms with Gasteiger partial charge in [0, 0.05) is 14.5 Å².